The summed E-state index contributed by atoms with van der Waals surface area (Å²) in [6.07, 6.45) is 0. The molecular weight excluding hydrogens is 416 g/mol. The predicted molar refractivity (Wildman–Crippen MR) is 134 cm³/mol. The molecule has 0 bridgehead atoms. The summed E-state index contributed by atoms with van der Waals surface area (Å²) in [6, 6.07) is 40.0. The molecule has 5 aromatic rings. The molecule has 2 heteroatoms. The first-order valence-corrected chi connectivity index (χ1v) is 11.6. The van der Waals surface area contributed by atoms with E-state index in [1.807, 2.05) is 97.1 Å². The number of benzene rings is 5. The molecule has 2 aliphatic rings. The van der Waals surface area contributed by atoms with Crippen LogP contribution in [0.1, 0.15) is 33.4 Å². The summed E-state index contributed by atoms with van der Waals surface area (Å²) in [5.41, 5.74) is 6.53. The van der Waals surface area contributed by atoms with Crippen molar-refractivity contribution in [2.24, 2.45) is 0 Å². The lowest BCUT2D eigenvalue weighted by Crippen LogP contribution is -2.27. The van der Waals surface area contributed by atoms with Gasteiger partial charge in [0.2, 0.25) is 0 Å². The van der Waals surface area contributed by atoms with Crippen molar-refractivity contribution in [2.45, 2.75) is 11.2 Å². The molecule has 2 N–H and O–H groups in total. The maximum absolute atomic E-state index is 12.3. The minimum absolute atomic E-state index is 0.839. The van der Waals surface area contributed by atoms with Gasteiger partial charge in [0.1, 0.15) is 11.2 Å². The van der Waals surface area contributed by atoms with Gasteiger partial charge in [-0.05, 0) is 45.5 Å². The standard InChI is InChI=1S/C32H22O2/c33-31(21-11-3-1-4-12-21)27-17-9-7-15-23(27)25-20-30-26(19-29(25)31)24-16-8-10-18-28(24)32(30,34)22-13-5-2-6-14-22/h1-20,33-34H. The molecule has 0 saturated carbocycles. The van der Waals surface area contributed by atoms with Crippen LogP contribution >= 0.6 is 0 Å². The van der Waals surface area contributed by atoms with Crippen LogP contribution in [0, 0.1) is 0 Å². The van der Waals surface area contributed by atoms with Crippen molar-refractivity contribution in [1.82, 2.24) is 0 Å². The highest BCUT2D eigenvalue weighted by Gasteiger charge is 2.48. The molecule has 0 heterocycles. The molecule has 0 fully saturated rings. The fourth-order valence-corrected chi connectivity index (χ4v) is 5.98. The van der Waals surface area contributed by atoms with Crippen LogP contribution in [0.25, 0.3) is 22.3 Å². The summed E-state index contributed by atoms with van der Waals surface area (Å²) in [6.45, 7) is 0. The van der Waals surface area contributed by atoms with Crippen molar-refractivity contribution in [3.63, 3.8) is 0 Å². The molecule has 0 aliphatic heterocycles. The normalized spacial score (nSPS) is 21.5. The van der Waals surface area contributed by atoms with E-state index < -0.39 is 11.2 Å². The van der Waals surface area contributed by atoms with Crippen LogP contribution in [0.4, 0.5) is 0 Å². The van der Waals surface area contributed by atoms with Crippen molar-refractivity contribution in [3.05, 3.63) is 155 Å². The zero-order valence-electron chi connectivity index (χ0n) is 18.4. The molecular formula is C32H22O2. The van der Waals surface area contributed by atoms with Crippen LogP contribution in [-0.2, 0) is 11.2 Å². The molecule has 34 heavy (non-hydrogen) atoms. The fraction of sp³-hybridized carbons (Fsp3) is 0.0625. The zero-order chi connectivity index (χ0) is 22.9. The largest absolute Gasteiger partial charge is 0.376 e. The van der Waals surface area contributed by atoms with E-state index in [9.17, 15) is 10.2 Å². The van der Waals surface area contributed by atoms with Gasteiger partial charge in [-0.2, -0.15) is 0 Å². The lowest BCUT2D eigenvalue weighted by Gasteiger charge is -2.28. The molecule has 5 aromatic carbocycles. The van der Waals surface area contributed by atoms with E-state index in [0.717, 1.165) is 55.6 Å². The second kappa shape index (κ2) is 6.77. The van der Waals surface area contributed by atoms with Gasteiger partial charge in [0.15, 0.2) is 0 Å². The molecule has 0 saturated heterocycles. The Bertz CT molecular complexity index is 1450. The summed E-state index contributed by atoms with van der Waals surface area (Å²) >= 11 is 0. The lowest BCUT2D eigenvalue weighted by molar-refractivity contribution is 0.128. The molecule has 0 aromatic heterocycles. The Balaban J connectivity index is 1.58. The molecule has 0 spiro atoms. The molecule has 7 rings (SSSR count). The van der Waals surface area contributed by atoms with Gasteiger partial charge >= 0.3 is 0 Å². The number of fused-ring (bicyclic) bond motifs is 6. The van der Waals surface area contributed by atoms with Crippen molar-refractivity contribution < 1.29 is 10.2 Å². The van der Waals surface area contributed by atoms with Gasteiger partial charge in [0.05, 0.1) is 0 Å². The molecule has 2 aliphatic carbocycles. The highest BCUT2D eigenvalue weighted by atomic mass is 16.3. The molecule has 2 nitrogen and oxygen atoms in total. The zero-order valence-corrected chi connectivity index (χ0v) is 18.4. The Morgan fingerprint density at radius 2 is 0.706 bits per heavy atom. The first-order valence-electron chi connectivity index (χ1n) is 11.6. The SMILES string of the molecule is OC1(c2ccccc2)c2ccccc2-c2cc3c(cc21)-c1ccccc1C3(O)c1ccccc1. The average molecular weight is 439 g/mol. The first-order chi connectivity index (χ1) is 16.6. The van der Waals surface area contributed by atoms with Gasteiger partial charge in [-0.25, -0.2) is 0 Å². The maximum Gasteiger partial charge on any atom is 0.141 e. The van der Waals surface area contributed by atoms with Gasteiger partial charge in [-0.3, -0.25) is 0 Å². The van der Waals surface area contributed by atoms with Gasteiger partial charge in [0.25, 0.3) is 0 Å². The monoisotopic (exact) mass is 438 g/mol. The minimum Gasteiger partial charge on any atom is -0.376 e. The summed E-state index contributed by atoms with van der Waals surface area (Å²) in [4.78, 5) is 0. The van der Waals surface area contributed by atoms with E-state index in [0.29, 0.717) is 0 Å². The van der Waals surface area contributed by atoms with E-state index in [2.05, 4.69) is 24.3 Å². The van der Waals surface area contributed by atoms with Crippen molar-refractivity contribution >= 4 is 0 Å². The molecule has 2 atom stereocenters. The maximum atomic E-state index is 12.3. The highest BCUT2D eigenvalue weighted by molar-refractivity contribution is 5.90. The van der Waals surface area contributed by atoms with Crippen molar-refractivity contribution in [3.8, 4) is 22.3 Å². The Hall–Kier alpha value is -3.98. The van der Waals surface area contributed by atoms with Crippen LogP contribution < -0.4 is 0 Å². The summed E-state index contributed by atoms with van der Waals surface area (Å²) < 4.78 is 0. The summed E-state index contributed by atoms with van der Waals surface area (Å²) in [7, 11) is 0. The first kappa shape index (κ1) is 19.5. The Morgan fingerprint density at radius 1 is 0.353 bits per heavy atom. The van der Waals surface area contributed by atoms with E-state index in [1.54, 1.807) is 0 Å². The minimum atomic E-state index is -1.26. The van der Waals surface area contributed by atoms with E-state index in [1.165, 1.54) is 0 Å². The second-order valence-corrected chi connectivity index (χ2v) is 9.19. The molecule has 0 radical (unpaired) electrons. The lowest BCUT2D eigenvalue weighted by atomic mass is 9.81. The number of rotatable bonds is 2. The van der Waals surface area contributed by atoms with Crippen LogP contribution in [0.3, 0.4) is 0 Å². The van der Waals surface area contributed by atoms with E-state index in [-0.39, 0.29) is 0 Å². The molecule has 0 amide bonds. The predicted octanol–water partition coefficient (Wildman–Crippen LogP) is 6.22. The van der Waals surface area contributed by atoms with Crippen molar-refractivity contribution in [1.29, 1.82) is 0 Å². The third-order valence-electron chi connectivity index (χ3n) is 7.53. The molecule has 2 unspecified atom stereocenters. The summed E-state index contributed by atoms with van der Waals surface area (Å²) in [5, 5.41) is 24.7. The molecule has 162 valence electrons. The Labute approximate surface area is 198 Å². The smallest absolute Gasteiger partial charge is 0.141 e. The van der Waals surface area contributed by atoms with Crippen LogP contribution in [0.2, 0.25) is 0 Å². The van der Waals surface area contributed by atoms with Crippen LogP contribution in [0.15, 0.2) is 121 Å². The Morgan fingerprint density at radius 3 is 1.12 bits per heavy atom. The average Bonchev–Trinajstić information content (AvgIpc) is 3.32. The fourth-order valence-electron chi connectivity index (χ4n) is 5.98. The van der Waals surface area contributed by atoms with Gasteiger partial charge in [-0.1, -0.05) is 109 Å². The van der Waals surface area contributed by atoms with Crippen LogP contribution in [-0.4, -0.2) is 10.2 Å². The second-order valence-electron chi connectivity index (χ2n) is 9.19. The number of aliphatic hydroxyl groups is 2. The number of hydrogen-bond donors (Lipinski definition) is 2. The van der Waals surface area contributed by atoms with Crippen molar-refractivity contribution in [2.75, 3.05) is 0 Å². The summed E-state index contributed by atoms with van der Waals surface area (Å²) in [5.74, 6) is 0. The topological polar surface area (TPSA) is 40.5 Å². The number of hydrogen-bond acceptors (Lipinski definition) is 2. The quantitative estimate of drug-likeness (QED) is 0.344. The van der Waals surface area contributed by atoms with Gasteiger partial charge in [-0.15, -0.1) is 0 Å². The third-order valence-corrected chi connectivity index (χ3v) is 7.53. The van der Waals surface area contributed by atoms with Crippen LogP contribution in [0.5, 0.6) is 0 Å². The van der Waals surface area contributed by atoms with Gasteiger partial charge < -0.3 is 10.2 Å². The Kier molecular flexibility index (Phi) is 3.88. The van der Waals surface area contributed by atoms with E-state index >= 15 is 0 Å². The van der Waals surface area contributed by atoms with Gasteiger partial charge in [0, 0.05) is 22.3 Å². The highest BCUT2D eigenvalue weighted by Crippen LogP contribution is 2.57. The third kappa shape index (κ3) is 2.31. The van der Waals surface area contributed by atoms with E-state index in [4.69, 9.17) is 0 Å².